The van der Waals surface area contributed by atoms with E-state index in [0.717, 1.165) is 23.2 Å². The highest BCUT2D eigenvalue weighted by atomic mass is 19.1. The molecule has 1 aliphatic rings. The quantitative estimate of drug-likeness (QED) is 0.817. The van der Waals surface area contributed by atoms with Gasteiger partial charge >= 0.3 is 0 Å². The zero-order chi connectivity index (χ0) is 15.1. The van der Waals surface area contributed by atoms with E-state index >= 15 is 0 Å². The van der Waals surface area contributed by atoms with Gasteiger partial charge in [0.1, 0.15) is 5.82 Å². The second kappa shape index (κ2) is 4.88. The second-order valence-electron chi connectivity index (χ2n) is 5.58. The molecule has 0 fully saturated rings. The lowest BCUT2D eigenvalue weighted by molar-refractivity contribution is 0.0980. The minimum absolute atomic E-state index is 0.0389. The van der Waals surface area contributed by atoms with Crippen molar-refractivity contribution in [3.8, 4) is 0 Å². The minimum Gasteiger partial charge on any atom is -0.399 e. The third-order valence-corrected chi connectivity index (χ3v) is 3.97. The second-order valence-corrected chi connectivity index (χ2v) is 5.58. The fourth-order valence-corrected chi connectivity index (χ4v) is 2.91. The first-order valence-corrected chi connectivity index (χ1v) is 6.95. The molecule has 1 heterocycles. The van der Waals surface area contributed by atoms with E-state index < -0.39 is 5.82 Å². The van der Waals surface area contributed by atoms with Crippen LogP contribution in [0.15, 0.2) is 36.4 Å². The smallest absolute Gasteiger partial charge is 0.258 e. The molecule has 3 nitrogen and oxygen atoms in total. The highest BCUT2D eigenvalue weighted by molar-refractivity contribution is 6.08. The Labute approximate surface area is 123 Å². The van der Waals surface area contributed by atoms with Crippen LogP contribution >= 0.6 is 0 Å². The molecule has 1 amide bonds. The van der Waals surface area contributed by atoms with Gasteiger partial charge in [-0.1, -0.05) is 6.07 Å². The van der Waals surface area contributed by atoms with Gasteiger partial charge in [0, 0.05) is 23.0 Å². The summed E-state index contributed by atoms with van der Waals surface area (Å²) in [5.74, 6) is -0.559. The molecule has 4 heteroatoms. The zero-order valence-electron chi connectivity index (χ0n) is 12.1. The third-order valence-electron chi connectivity index (χ3n) is 3.97. The van der Waals surface area contributed by atoms with E-state index in [1.54, 1.807) is 17.0 Å². The van der Waals surface area contributed by atoms with E-state index in [1.165, 1.54) is 12.1 Å². The van der Waals surface area contributed by atoms with Gasteiger partial charge in [-0.15, -0.1) is 0 Å². The van der Waals surface area contributed by atoms with Crippen LogP contribution in [0, 0.1) is 12.7 Å². The fourth-order valence-electron chi connectivity index (χ4n) is 2.91. The number of carbonyl (C=O) groups is 1. The van der Waals surface area contributed by atoms with Crippen LogP contribution in [0.5, 0.6) is 0 Å². The van der Waals surface area contributed by atoms with Gasteiger partial charge in [-0.2, -0.15) is 0 Å². The number of aryl methyl sites for hydroxylation is 1. The predicted octanol–water partition coefficient (Wildman–Crippen LogP) is 3.31. The van der Waals surface area contributed by atoms with Gasteiger partial charge in [-0.3, -0.25) is 4.79 Å². The number of fused-ring (bicyclic) bond motifs is 1. The van der Waals surface area contributed by atoms with Gasteiger partial charge in [0.15, 0.2) is 0 Å². The summed E-state index contributed by atoms with van der Waals surface area (Å²) in [4.78, 5) is 14.5. The number of halogens is 1. The van der Waals surface area contributed by atoms with E-state index in [0.29, 0.717) is 11.3 Å². The van der Waals surface area contributed by atoms with Crippen LogP contribution in [0.3, 0.4) is 0 Å². The van der Waals surface area contributed by atoms with Crippen LogP contribution in [0.2, 0.25) is 0 Å². The lowest BCUT2D eigenvalue weighted by Crippen LogP contribution is -2.36. The Morgan fingerprint density at radius 3 is 2.81 bits per heavy atom. The zero-order valence-corrected chi connectivity index (χ0v) is 12.1. The number of nitrogens with two attached hydrogens (primary N) is 1. The van der Waals surface area contributed by atoms with Gasteiger partial charge in [0.05, 0.1) is 0 Å². The number of anilines is 2. The number of carbonyl (C=O) groups excluding carboxylic acids is 1. The van der Waals surface area contributed by atoms with Crippen molar-refractivity contribution in [1.29, 1.82) is 0 Å². The Hall–Kier alpha value is -2.36. The molecule has 1 atom stereocenters. The first kappa shape index (κ1) is 13.6. The summed E-state index contributed by atoms with van der Waals surface area (Å²) in [6.07, 6.45) is 0.764. The lowest BCUT2D eigenvalue weighted by Gasteiger charge is -2.23. The minimum atomic E-state index is -0.395. The van der Waals surface area contributed by atoms with Crippen molar-refractivity contribution in [3.05, 3.63) is 58.9 Å². The van der Waals surface area contributed by atoms with Crippen molar-refractivity contribution in [3.63, 3.8) is 0 Å². The first-order valence-electron chi connectivity index (χ1n) is 6.95. The van der Waals surface area contributed by atoms with Crippen LogP contribution in [-0.2, 0) is 6.42 Å². The van der Waals surface area contributed by atoms with Crippen LogP contribution in [0.1, 0.15) is 28.4 Å². The van der Waals surface area contributed by atoms with Crippen LogP contribution in [0.25, 0.3) is 0 Å². The molecule has 2 aromatic carbocycles. The number of hydrogen-bond acceptors (Lipinski definition) is 2. The van der Waals surface area contributed by atoms with E-state index in [4.69, 9.17) is 5.73 Å². The van der Waals surface area contributed by atoms with E-state index in [1.807, 2.05) is 26.0 Å². The summed E-state index contributed by atoms with van der Waals surface area (Å²) in [5.41, 5.74) is 9.60. The molecule has 0 bridgehead atoms. The van der Waals surface area contributed by atoms with Crippen molar-refractivity contribution in [1.82, 2.24) is 0 Å². The topological polar surface area (TPSA) is 46.3 Å². The number of benzene rings is 2. The highest BCUT2D eigenvalue weighted by Crippen LogP contribution is 2.35. The summed E-state index contributed by atoms with van der Waals surface area (Å²) in [6.45, 7) is 3.81. The monoisotopic (exact) mass is 284 g/mol. The number of nitrogen functional groups attached to an aromatic ring is 1. The number of rotatable bonds is 1. The molecule has 0 saturated heterocycles. The summed E-state index contributed by atoms with van der Waals surface area (Å²) >= 11 is 0. The third kappa shape index (κ3) is 2.27. The SMILES string of the molecule is Cc1ccc(F)cc1C(=O)N1c2ccc(N)cc2CC1C. The molecule has 2 aromatic rings. The Bertz CT molecular complexity index is 727. The molecule has 0 radical (unpaired) electrons. The number of nitrogens with zero attached hydrogens (tertiary/aromatic N) is 1. The normalized spacial score (nSPS) is 16.9. The standard InChI is InChI=1S/C17H17FN2O/c1-10-3-4-13(18)9-15(10)17(21)20-11(2)7-12-8-14(19)5-6-16(12)20/h3-6,8-9,11H,7,19H2,1-2H3. The van der Waals surface area contributed by atoms with Crippen molar-refractivity contribution in [2.45, 2.75) is 26.3 Å². The molecule has 0 saturated carbocycles. The molecular weight excluding hydrogens is 267 g/mol. The Kier molecular flexibility index (Phi) is 3.16. The number of amides is 1. The van der Waals surface area contributed by atoms with Crippen LogP contribution < -0.4 is 10.6 Å². The van der Waals surface area contributed by atoms with Crippen molar-refractivity contribution in [2.75, 3.05) is 10.6 Å². The maximum atomic E-state index is 13.5. The maximum absolute atomic E-state index is 13.5. The summed E-state index contributed by atoms with van der Waals surface area (Å²) in [7, 11) is 0. The van der Waals surface area contributed by atoms with E-state index in [2.05, 4.69) is 0 Å². The molecule has 108 valence electrons. The summed E-state index contributed by atoms with van der Waals surface area (Å²) < 4.78 is 13.5. The summed E-state index contributed by atoms with van der Waals surface area (Å²) in [5, 5.41) is 0. The van der Waals surface area contributed by atoms with Gasteiger partial charge in [-0.25, -0.2) is 4.39 Å². The average molecular weight is 284 g/mol. The first-order chi connectivity index (χ1) is 9.97. The molecule has 2 N–H and O–H groups in total. The lowest BCUT2D eigenvalue weighted by atomic mass is 10.1. The van der Waals surface area contributed by atoms with E-state index in [9.17, 15) is 9.18 Å². The molecule has 0 aliphatic carbocycles. The molecule has 21 heavy (non-hydrogen) atoms. The predicted molar refractivity (Wildman–Crippen MR) is 82.0 cm³/mol. The van der Waals surface area contributed by atoms with Gasteiger partial charge in [0.2, 0.25) is 0 Å². The van der Waals surface area contributed by atoms with Gasteiger partial charge < -0.3 is 10.6 Å². The molecule has 3 rings (SSSR count). The van der Waals surface area contributed by atoms with E-state index in [-0.39, 0.29) is 11.9 Å². The Balaban J connectivity index is 2.05. The van der Waals surface area contributed by atoms with Crippen molar-refractivity contribution in [2.24, 2.45) is 0 Å². The average Bonchev–Trinajstić information content (AvgIpc) is 2.75. The molecule has 1 aliphatic heterocycles. The van der Waals surface area contributed by atoms with Crippen molar-refractivity contribution < 1.29 is 9.18 Å². The fraction of sp³-hybridized carbons (Fsp3) is 0.235. The summed E-state index contributed by atoms with van der Waals surface area (Å²) in [6, 6.07) is 9.89. The maximum Gasteiger partial charge on any atom is 0.258 e. The molecule has 0 aromatic heterocycles. The number of hydrogen-bond donors (Lipinski definition) is 1. The molecular formula is C17H17FN2O. The largest absolute Gasteiger partial charge is 0.399 e. The van der Waals surface area contributed by atoms with Crippen molar-refractivity contribution >= 4 is 17.3 Å². The molecule has 1 unspecified atom stereocenters. The molecule has 0 spiro atoms. The van der Waals surface area contributed by atoms with Gasteiger partial charge in [0.25, 0.3) is 5.91 Å². The van der Waals surface area contributed by atoms with Crippen LogP contribution in [-0.4, -0.2) is 11.9 Å². The van der Waals surface area contributed by atoms with Crippen LogP contribution in [0.4, 0.5) is 15.8 Å². The van der Waals surface area contributed by atoms with Gasteiger partial charge in [-0.05, 0) is 61.7 Å². The Morgan fingerprint density at radius 2 is 2.05 bits per heavy atom. The Morgan fingerprint density at radius 1 is 1.29 bits per heavy atom. The highest BCUT2D eigenvalue weighted by Gasteiger charge is 2.32.